The summed E-state index contributed by atoms with van der Waals surface area (Å²) in [5.41, 5.74) is 2.27. The first-order valence-corrected chi connectivity index (χ1v) is 6.86. The molecule has 2 rings (SSSR count). The molecule has 0 atom stereocenters. The van der Waals surface area contributed by atoms with Crippen LogP contribution in [0.1, 0.15) is 24.6 Å². The van der Waals surface area contributed by atoms with Gasteiger partial charge in [0.2, 0.25) is 0 Å². The van der Waals surface area contributed by atoms with E-state index in [4.69, 9.17) is 0 Å². The van der Waals surface area contributed by atoms with Gasteiger partial charge in [0.25, 0.3) is 0 Å². The molecule has 1 aromatic heterocycles. The van der Waals surface area contributed by atoms with Gasteiger partial charge in [0.05, 0.1) is 6.20 Å². The maximum atomic E-state index is 13.8. The highest BCUT2D eigenvalue weighted by Gasteiger charge is 2.14. The molecule has 1 heterocycles. The lowest BCUT2D eigenvalue weighted by Crippen LogP contribution is -2.05. The molecular formula is C13H13BrF2N2. The van der Waals surface area contributed by atoms with Gasteiger partial charge >= 0.3 is 0 Å². The van der Waals surface area contributed by atoms with E-state index in [1.54, 1.807) is 10.9 Å². The first kappa shape index (κ1) is 13.2. The van der Waals surface area contributed by atoms with Crippen LogP contribution in [0.15, 0.2) is 24.4 Å². The summed E-state index contributed by atoms with van der Waals surface area (Å²) >= 11 is 3.39. The Morgan fingerprint density at radius 2 is 2.11 bits per heavy atom. The fourth-order valence-corrected chi connectivity index (χ4v) is 2.35. The molecule has 0 bridgehead atoms. The average Bonchev–Trinajstić information content (AvgIpc) is 2.73. The van der Waals surface area contributed by atoms with Crippen LogP contribution in [-0.4, -0.2) is 9.78 Å². The lowest BCUT2D eigenvalue weighted by Gasteiger charge is -2.09. The summed E-state index contributed by atoms with van der Waals surface area (Å²) in [6, 6.07) is 3.53. The summed E-state index contributed by atoms with van der Waals surface area (Å²) in [7, 11) is 0. The van der Waals surface area contributed by atoms with Crippen LogP contribution in [0, 0.1) is 11.6 Å². The quantitative estimate of drug-likeness (QED) is 0.780. The second-order valence-electron chi connectivity index (χ2n) is 4.01. The molecule has 0 saturated carbocycles. The number of benzene rings is 1. The van der Waals surface area contributed by atoms with Gasteiger partial charge in [-0.2, -0.15) is 5.10 Å². The molecule has 2 nitrogen and oxygen atoms in total. The van der Waals surface area contributed by atoms with Gasteiger partial charge in [-0.25, -0.2) is 13.5 Å². The van der Waals surface area contributed by atoms with Gasteiger partial charge in [-0.3, -0.25) is 0 Å². The minimum absolute atomic E-state index is 0.284. The van der Waals surface area contributed by atoms with Gasteiger partial charge in [-0.15, -0.1) is 0 Å². The van der Waals surface area contributed by atoms with E-state index in [1.165, 1.54) is 12.1 Å². The number of halogens is 3. The molecule has 2 aromatic rings. The number of hydrogen-bond donors (Lipinski definition) is 0. The molecule has 0 amide bonds. The molecule has 1 aromatic carbocycles. The second kappa shape index (κ2) is 5.61. The van der Waals surface area contributed by atoms with Crippen molar-refractivity contribution < 1.29 is 8.78 Å². The summed E-state index contributed by atoms with van der Waals surface area (Å²) in [5, 5.41) is 4.86. The summed E-state index contributed by atoms with van der Waals surface area (Å²) < 4.78 is 28.2. The first-order valence-electron chi connectivity index (χ1n) is 5.74. The van der Waals surface area contributed by atoms with E-state index < -0.39 is 11.6 Å². The number of alkyl halides is 1. The van der Waals surface area contributed by atoms with Crippen LogP contribution in [0.5, 0.6) is 0 Å². The summed E-state index contributed by atoms with van der Waals surface area (Å²) in [4.78, 5) is 0. The molecule has 0 radical (unpaired) electrons. The van der Waals surface area contributed by atoms with Gasteiger partial charge in [0, 0.05) is 22.7 Å². The van der Waals surface area contributed by atoms with Gasteiger partial charge < -0.3 is 0 Å². The number of rotatable bonds is 4. The van der Waals surface area contributed by atoms with Crippen molar-refractivity contribution in [3.63, 3.8) is 0 Å². The first-order chi connectivity index (χ1) is 8.67. The standard InChI is InChI=1S/C13H13BrF2N2/c1-2-3-12-9(7-14)8-17-18(12)13-5-4-10(15)6-11(13)16/h4-6,8H,2-3,7H2,1H3. The van der Waals surface area contributed by atoms with Crippen molar-refractivity contribution in [3.05, 3.63) is 47.3 Å². The smallest absolute Gasteiger partial charge is 0.151 e. The third-order valence-corrected chi connectivity index (χ3v) is 3.33. The molecule has 0 unspecified atom stereocenters. The lowest BCUT2D eigenvalue weighted by molar-refractivity contribution is 0.571. The zero-order valence-corrected chi connectivity index (χ0v) is 11.5. The van der Waals surface area contributed by atoms with Crippen molar-refractivity contribution in [2.75, 3.05) is 0 Å². The zero-order valence-electron chi connectivity index (χ0n) is 9.96. The van der Waals surface area contributed by atoms with Crippen molar-refractivity contribution in [1.29, 1.82) is 0 Å². The Kier molecular flexibility index (Phi) is 4.11. The van der Waals surface area contributed by atoms with E-state index in [1.807, 2.05) is 0 Å². The SMILES string of the molecule is CCCc1c(CBr)cnn1-c1ccc(F)cc1F. The third-order valence-electron chi connectivity index (χ3n) is 2.72. The Balaban J connectivity index is 2.52. The van der Waals surface area contributed by atoms with Crippen LogP contribution in [0.3, 0.4) is 0 Å². The highest BCUT2D eigenvalue weighted by atomic mass is 79.9. The van der Waals surface area contributed by atoms with Crippen LogP contribution in [0.4, 0.5) is 8.78 Å². The van der Waals surface area contributed by atoms with Crippen LogP contribution < -0.4 is 0 Å². The van der Waals surface area contributed by atoms with Gasteiger partial charge in [-0.1, -0.05) is 29.3 Å². The van der Waals surface area contributed by atoms with E-state index in [9.17, 15) is 8.78 Å². The predicted octanol–water partition coefficient (Wildman–Crippen LogP) is 4.00. The lowest BCUT2D eigenvalue weighted by atomic mass is 10.2. The number of nitrogens with zero attached hydrogens (tertiary/aromatic N) is 2. The zero-order chi connectivity index (χ0) is 13.1. The highest BCUT2D eigenvalue weighted by Crippen LogP contribution is 2.21. The summed E-state index contributed by atoms with van der Waals surface area (Å²) in [5.74, 6) is -1.18. The van der Waals surface area contributed by atoms with Crippen molar-refractivity contribution in [1.82, 2.24) is 9.78 Å². The molecule has 96 valence electrons. The van der Waals surface area contributed by atoms with Gasteiger partial charge in [-0.05, 0) is 18.6 Å². The van der Waals surface area contributed by atoms with Crippen LogP contribution in [0.25, 0.3) is 5.69 Å². The largest absolute Gasteiger partial charge is 0.235 e. The molecule has 0 aliphatic carbocycles. The Bertz CT molecular complexity index is 552. The normalized spacial score (nSPS) is 10.9. The van der Waals surface area contributed by atoms with Gasteiger partial charge in [0.1, 0.15) is 11.5 Å². The van der Waals surface area contributed by atoms with Gasteiger partial charge in [0.15, 0.2) is 5.82 Å². The minimum atomic E-state index is -0.600. The molecule has 0 spiro atoms. The Labute approximate surface area is 113 Å². The minimum Gasteiger partial charge on any atom is -0.235 e. The molecule has 5 heteroatoms. The molecule has 0 saturated heterocycles. The molecule has 0 fully saturated rings. The summed E-state index contributed by atoms with van der Waals surface area (Å²) in [6.07, 6.45) is 3.45. The third kappa shape index (κ3) is 2.46. The highest BCUT2D eigenvalue weighted by molar-refractivity contribution is 9.08. The average molecular weight is 315 g/mol. The Morgan fingerprint density at radius 3 is 2.72 bits per heavy atom. The van der Waals surface area contributed by atoms with Crippen LogP contribution in [-0.2, 0) is 11.8 Å². The number of aromatic nitrogens is 2. The molecule has 0 aliphatic heterocycles. The molecule has 0 N–H and O–H groups in total. The van der Waals surface area contributed by atoms with E-state index >= 15 is 0 Å². The van der Waals surface area contributed by atoms with E-state index in [0.29, 0.717) is 5.33 Å². The fourth-order valence-electron chi connectivity index (χ4n) is 1.88. The van der Waals surface area contributed by atoms with Crippen LogP contribution >= 0.6 is 15.9 Å². The van der Waals surface area contributed by atoms with Crippen molar-refractivity contribution in [2.45, 2.75) is 25.1 Å². The molecule has 18 heavy (non-hydrogen) atoms. The maximum absolute atomic E-state index is 13.8. The van der Waals surface area contributed by atoms with E-state index in [2.05, 4.69) is 28.0 Å². The molecule has 0 aliphatic rings. The van der Waals surface area contributed by atoms with Crippen molar-refractivity contribution in [2.24, 2.45) is 0 Å². The number of hydrogen-bond acceptors (Lipinski definition) is 1. The molecular weight excluding hydrogens is 302 g/mol. The van der Waals surface area contributed by atoms with E-state index in [-0.39, 0.29) is 5.69 Å². The Hall–Kier alpha value is -1.23. The summed E-state index contributed by atoms with van der Waals surface area (Å²) in [6.45, 7) is 2.05. The monoisotopic (exact) mass is 314 g/mol. The van der Waals surface area contributed by atoms with Crippen molar-refractivity contribution in [3.8, 4) is 5.69 Å². The topological polar surface area (TPSA) is 17.8 Å². The fraction of sp³-hybridized carbons (Fsp3) is 0.308. The van der Waals surface area contributed by atoms with E-state index in [0.717, 1.165) is 30.2 Å². The predicted molar refractivity (Wildman–Crippen MR) is 70.1 cm³/mol. The van der Waals surface area contributed by atoms with Crippen molar-refractivity contribution >= 4 is 15.9 Å². The maximum Gasteiger partial charge on any atom is 0.151 e. The van der Waals surface area contributed by atoms with Crippen LogP contribution in [0.2, 0.25) is 0 Å². The Morgan fingerprint density at radius 1 is 1.33 bits per heavy atom. The second-order valence-corrected chi connectivity index (χ2v) is 4.57.